The molecule has 0 unspecified atom stereocenters. The van der Waals surface area contributed by atoms with Crippen molar-refractivity contribution in [2.45, 2.75) is 32.2 Å². The van der Waals surface area contributed by atoms with E-state index < -0.39 is 0 Å². The zero-order chi connectivity index (χ0) is 12.3. The molecule has 3 nitrogen and oxygen atoms in total. The predicted molar refractivity (Wildman–Crippen MR) is 73.6 cm³/mol. The van der Waals surface area contributed by atoms with Crippen LogP contribution < -0.4 is 5.32 Å². The van der Waals surface area contributed by atoms with Crippen LogP contribution in [0.3, 0.4) is 0 Å². The van der Waals surface area contributed by atoms with E-state index in [2.05, 4.69) is 35.6 Å². The molecule has 92 valence electrons. The van der Waals surface area contributed by atoms with E-state index in [0.717, 1.165) is 24.0 Å². The number of nitrogens with one attached hydrogen (secondary N) is 1. The van der Waals surface area contributed by atoms with Gasteiger partial charge in [0.25, 0.3) is 0 Å². The molecule has 0 amide bonds. The lowest BCUT2D eigenvalue weighted by Gasteiger charge is -2.31. The van der Waals surface area contributed by atoms with Gasteiger partial charge in [-0.05, 0) is 30.4 Å². The molecule has 0 aliphatic rings. The number of aliphatic hydroxyl groups excluding tert-OH is 1. The highest BCUT2D eigenvalue weighted by molar-refractivity contribution is 7.17. The highest BCUT2D eigenvalue weighted by Gasteiger charge is 2.25. The van der Waals surface area contributed by atoms with Gasteiger partial charge in [-0.15, -0.1) is 11.3 Å². The Kier molecular flexibility index (Phi) is 3.64. The third-order valence-electron chi connectivity index (χ3n) is 3.42. The summed E-state index contributed by atoms with van der Waals surface area (Å²) >= 11 is 1.71. The number of rotatable bonds is 5. The molecule has 0 spiro atoms. The first-order valence-electron chi connectivity index (χ1n) is 5.96. The van der Waals surface area contributed by atoms with Crippen LogP contribution in [0.1, 0.15) is 26.7 Å². The smallest absolute Gasteiger partial charge is 0.135 e. The van der Waals surface area contributed by atoms with Crippen molar-refractivity contribution in [3.63, 3.8) is 0 Å². The Hall–Kier alpha value is -1.13. The summed E-state index contributed by atoms with van der Waals surface area (Å²) in [5, 5.41) is 16.2. The normalized spacial score (nSPS) is 11.9. The maximum Gasteiger partial charge on any atom is 0.135 e. The summed E-state index contributed by atoms with van der Waals surface area (Å²) in [4.78, 5) is 4.39. The summed E-state index contributed by atoms with van der Waals surface area (Å²) in [6.07, 6.45) is 3.57. The van der Waals surface area contributed by atoms with Gasteiger partial charge in [0.2, 0.25) is 0 Å². The number of pyridine rings is 1. The second-order valence-corrected chi connectivity index (χ2v) is 5.21. The summed E-state index contributed by atoms with van der Waals surface area (Å²) < 4.78 is 1.22. The maximum absolute atomic E-state index is 9.57. The highest BCUT2D eigenvalue weighted by atomic mass is 32.1. The van der Waals surface area contributed by atoms with Crippen molar-refractivity contribution in [1.82, 2.24) is 4.98 Å². The van der Waals surface area contributed by atoms with Crippen LogP contribution in [0.4, 0.5) is 5.82 Å². The van der Waals surface area contributed by atoms with Gasteiger partial charge in [0.05, 0.1) is 12.1 Å². The van der Waals surface area contributed by atoms with Crippen molar-refractivity contribution in [3.05, 3.63) is 23.7 Å². The van der Waals surface area contributed by atoms with Crippen molar-refractivity contribution in [2.75, 3.05) is 11.9 Å². The predicted octanol–water partition coefficient (Wildman–Crippen LogP) is 3.26. The molecule has 4 heteroatoms. The Bertz CT molecular complexity index is 483. The molecule has 0 saturated carbocycles. The molecule has 17 heavy (non-hydrogen) atoms. The van der Waals surface area contributed by atoms with Gasteiger partial charge >= 0.3 is 0 Å². The topological polar surface area (TPSA) is 45.1 Å². The second-order valence-electron chi connectivity index (χ2n) is 4.26. The number of hydrogen-bond acceptors (Lipinski definition) is 4. The standard InChI is InChI=1S/C13H18N2OS/c1-3-13(4-2,9-16)15-12-10-6-8-17-11(10)5-7-14-12/h5-8,16H,3-4,9H2,1-2H3,(H,14,15). The summed E-state index contributed by atoms with van der Waals surface area (Å²) in [5.74, 6) is 0.876. The molecule has 2 aromatic heterocycles. The van der Waals surface area contributed by atoms with Gasteiger partial charge in [-0.2, -0.15) is 0 Å². The van der Waals surface area contributed by atoms with E-state index in [0.29, 0.717) is 0 Å². The quantitative estimate of drug-likeness (QED) is 0.856. The monoisotopic (exact) mass is 250 g/mol. The number of aliphatic hydroxyl groups is 1. The van der Waals surface area contributed by atoms with Crippen LogP contribution in [0.5, 0.6) is 0 Å². The van der Waals surface area contributed by atoms with Crippen molar-refractivity contribution in [2.24, 2.45) is 0 Å². The van der Waals surface area contributed by atoms with Crippen LogP contribution in [0, 0.1) is 0 Å². The summed E-state index contributed by atoms with van der Waals surface area (Å²) in [7, 11) is 0. The molecular formula is C13H18N2OS. The molecule has 0 bridgehead atoms. The Morgan fingerprint density at radius 1 is 1.35 bits per heavy atom. The minimum atomic E-state index is -0.261. The zero-order valence-electron chi connectivity index (χ0n) is 10.2. The Morgan fingerprint density at radius 2 is 2.12 bits per heavy atom. The molecule has 2 N–H and O–H groups in total. The first kappa shape index (κ1) is 12.3. The minimum Gasteiger partial charge on any atom is -0.394 e. The van der Waals surface area contributed by atoms with Gasteiger partial charge in [0.15, 0.2) is 0 Å². The van der Waals surface area contributed by atoms with Crippen molar-refractivity contribution in [1.29, 1.82) is 0 Å². The van der Waals surface area contributed by atoms with Crippen molar-refractivity contribution in [3.8, 4) is 0 Å². The molecule has 2 aromatic rings. The van der Waals surface area contributed by atoms with E-state index in [-0.39, 0.29) is 12.1 Å². The summed E-state index contributed by atoms with van der Waals surface area (Å²) in [6, 6.07) is 4.09. The SMILES string of the molecule is CCC(CC)(CO)Nc1nccc2sccc12. The number of aromatic nitrogens is 1. The molecule has 2 heterocycles. The number of fused-ring (bicyclic) bond motifs is 1. The molecule has 0 saturated heterocycles. The number of thiophene rings is 1. The van der Waals surface area contributed by atoms with Crippen molar-refractivity contribution < 1.29 is 5.11 Å². The van der Waals surface area contributed by atoms with E-state index >= 15 is 0 Å². The first-order chi connectivity index (χ1) is 8.24. The van der Waals surface area contributed by atoms with Gasteiger partial charge in [-0.25, -0.2) is 4.98 Å². The average Bonchev–Trinajstić information content (AvgIpc) is 2.85. The van der Waals surface area contributed by atoms with Crippen LogP contribution in [-0.4, -0.2) is 22.2 Å². The number of hydrogen-bond donors (Lipinski definition) is 2. The van der Waals surface area contributed by atoms with Gasteiger partial charge in [-0.1, -0.05) is 13.8 Å². The van der Waals surface area contributed by atoms with Gasteiger partial charge in [0, 0.05) is 16.3 Å². The fraction of sp³-hybridized carbons (Fsp3) is 0.462. The van der Waals surface area contributed by atoms with Crippen LogP contribution in [-0.2, 0) is 0 Å². The Morgan fingerprint density at radius 3 is 2.76 bits per heavy atom. The van der Waals surface area contributed by atoms with E-state index in [1.807, 2.05) is 12.3 Å². The second kappa shape index (κ2) is 5.02. The third kappa shape index (κ3) is 2.28. The van der Waals surface area contributed by atoms with Crippen LogP contribution >= 0.6 is 11.3 Å². The molecular weight excluding hydrogens is 232 g/mol. The third-order valence-corrected chi connectivity index (χ3v) is 4.30. The largest absolute Gasteiger partial charge is 0.394 e. The van der Waals surface area contributed by atoms with Crippen molar-refractivity contribution >= 4 is 27.2 Å². The van der Waals surface area contributed by atoms with E-state index in [4.69, 9.17) is 0 Å². The van der Waals surface area contributed by atoms with E-state index in [9.17, 15) is 5.11 Å². The molecule has 2 rings (SSSR count). The first-order valence-corrected chi connectivity index (χ1v) is 6.84. The molecule has 0 atom stereocenters. The Labute approximate surface area is 106 Å². The molecule has 0 aromatic carbocycles. The van der Waals surface area contributed by atoms with E-state index in [1.165, 1.54) is 4.70 Å². The average molecular weight is 250 g/mol. The molecule has 0 aliphatic carbocycles. The molecule has 0 radical (unpaired) electrons. The van der Waals surface area contributed by atoms with Gasteiger partial charge in [-0.3, -0.25) is 0 Å². The highest BCUT2D eigenvalue weighted by Crippen LogP contribution is 2.29. The lowest BCUT2D eigenvalue weighted by Crippen LogP contribution is -2.41. The lowest BCUT2D eigenvalue weighted by atomic mass is 9.94. The van der Waals surface area contributed by atoms with Crippen LogP contribution in [0.15, 0.2) is 23.7 Å². The zero-order valence-corrected chi connectivity index (χ0v) is 11.0. The van der Waals surface area contributed by atoms with Crippen LogP contribution in [0.25, 0.3) is 10.1 Å². The number of anilines is 1. The summed E-state index contributed by atoms with van der Waals surface area (Å²) in [5.41, 5.74) is -0.261. The fourth-order valence-electron chi connectivity index (χ4n) is 1.94. The van der Waals surface area contributed by atoms with E-state index in [1.54, 1.807) is 11.3 Å². The lowest BCUT2D eigenvalue weighted by molar-refractivity contribution is 0.202. The van der Waals surface area contributed by atoms with Gasteiger partial charge in [0.1, 0.15) is 5.82 Å². The van der Waals surface area contributed by atoms with Crippen LogP contribution in [0.2, 0.25) is 0 Å². The molecule has 0 aliphatic heterocycles. The summed E-state index contributed by atoms with van der Waals surface area (Å²) in [6.45, 7) is 4.29. The molecule has 0 fully saturated rings. The maximum atomic E-state index is 9.57. The minimum absolute atomic E-state index is 0.127. The van der Waals surface area contributed by atoms with Gasteiger partial charge < -0.3 is 10.4 Å². The Balaban J connectivity index is 2.37. The number of nitrogens with zero attached hydrogens (tertiary/aromatic N) is 1. The fourth-order valence-corrected chi connectivity index (χ4v) is 2.72.